The topological polar surface area (TPSA) is 69.7 Å². The molecule has 2 aliphatic rings. The minimum Gasteiger partial charge on any atom is -0.352 e. The summed E-state index contributed by atoms with van der Waals surface area (Å²) in [5.74, 6) is 0.256. The van der Waals surface area contributed by atoms with Gasteiger partial charge < -0.3 is 5.32 Å². The van der Waals surface area contributed by atoms with E-state index in [-0.39, 0.29) is 18.4 Å². The Balaban J connectivity index is 1.55. The summed E-state index contributed by atoms with van der Waals surface area (Å²) in [6.07, 6.45) is 4.28. The summed E-state index contributed by atoms with van der Waals surface area (Å²) >= 11 is 0. The quantitative estimate of drug-likeness (QED) is 0.788. The van der Waals surface area contributed by atoms with E-state index < -0.39 is 10.2 Å². The summed E-state index contributed by atoms with van der Waals surface area (Å²) in [4.78, 5) is 12.6. The van der Waals surface area contributed by atoms with E-state index >= 15 is 0 Å². The molecule has 1 atom stereocenters. The van der Waals surface area contributed by atoms with Crippen LogP contribution in [-0.2, 0) is 28.0 Å². The molecule has 28 heavy (non-hydrogen) atoms. The summed E-state index contributed by atoms with van der Waals surface area (Å²) < 4.78 is 29.1. The van der Waals surface area contributed by atoms with Crippen molar-refractivity contribution in [1.29, 1.82) is 0 Å². The highest BCUT2D eigenvalue weighted by Crippen LogP contribution is 2.25. The second-order valence-electron chi connectivity index (χ2n) is 8.17. The zero-order valence-corrected chi connectivity index (χ0v) is 17.9. The molecule has 7 heteroatoms. The summed E-state index contributed by atoms with van der Waals surface area (Å²) in [5.41, 5.74) is 2.34. The molecular formula is C21H33N3O3S. The third-order valence-electron chi connectivity index (χ3n) is 6.05. The van der Waals surface area contributed by atoms with Gasteiger partial charge in [0.05, 0.1) is 5.92 Å². The Kier molecular flexibility index (Phi) is 7.12. The highest BCUT2D eigenvalue weighted by molar-refractivity contribution is 7.86. The first-order valence-corrected chi connectivity index (χ1v) is 11.9. The molecule has 2 aliphatic heterocycles. The lowest BCUT2D eigenvalue weighted by Crippen LogP contribution is -2.52. The van der Waals surface area contributed by atoms with Gasteiger partial charge in [-0.3, -0.25) is 4.79 Å². The molecule has 3 rings (SSSR count). The Hall–Kier alpha value is -1.44. The smallest absolute Gasteiger partial charge is 0.281 e. The number of rotatable bonds is 6. The molecule has 0 bridgehead atoms. The van der Waals surface area contributed by atoms with Gasteiger partial charge in [-0.05, 0) is 49.1 Å². The van der Waals surface area contributed by atoms with E-state index in [0.717, 1.165) is 37.7 Å². The van der Waals surface area contributed by atoms with E-state index in [1.165, 1.54) is 9.87 Å². The maximum atomic E-state index is 13.0. The first-order valence-electron chi connectivity index (χ1n) is 10.5. The number of nitrogens with zero attached hydrogens (tertiary/aromatic N) is 2. The van der Waals surface area contributed by atoms with Crippen molar-refractivity contribution in [1.82, 2.24) is 13.9 Å². The number of amides is 1. The molecule has 6 nitrogen and oxygen atoms in total. The van der Waals surface area contributed by atoms with Crippen LogP contribution in [-0.4, -0.2) is 49.1 Å². The molecule has 156 valence electrons. The average Bonchev–Trinajstić information content (AvgIpc) is 2.72. The van der Waals surface area contributed by atoms with Gasteiger partial charge in [0, 0.05) is 32.7 Å². The minimum atomic E-state index is -3.46. The Bertz CT molecular complexity index is 756. The molecule has 1 aromatic carbocycles. The average molecular weight is 408 g/mol. The molecule has 1 unspecified atom stereocenters. The second-order valence-corrected chi connectivity index (χ2v) is 10.1. The molecule has 2 heterocycles. The molecular weight excluding hydrogens is 374 g/mol. The highest BCUT2D eigenvalue weighted by Gasteiger charge is 2.36. The molecule has 0 aliphatic carbocycles. The number of carbonyl (C=O) groups is 1. The summed E-state index contributed by atoms with van der Waals surface area (Å²) in [7, 11) is -3.46. The van der Waals surface area contributed by atoms with Crippen molar-refractivity contribution in [3.05, 3.63) is 35.4 Å². The van der Waals surface area contributed by atoms with Crippen LogP contribution in [0.3, 0.4) is 0 Å². The maximum absolute atomic E-state index is 13.0. The van der Waals surface area contributed by atoms with Crippen molar-refractivity contribution in [3.63, 3.8) is 0 Å². The Morgan fingerprint density at radius 2 is 1.68 bits per heavy atom. The van der Waals surface area contributed by atoms with Gasteiger partial charge >= 0.3 is 0 Å². The standard InChI is InChI=1S/C21H33N3O3S/c1-3-18-6-8-19(9-7-18)15-22-21(25)20-5-4-12-24(16-20)28(26,27)23-13-10-17(2)11-14-23/h6-9,17,20H,3-5,10-16H2,1-2H3,(H,22,25). The predicted octanol–water partition coefficient (Wildman–Crippen LogP) is 2.55. The van der Waals surface area contributed by atoms with E-state index in [0.29, 0.717) is 32.1 Å². The molecule has 1 amide bonds. The van der Waals surface area contributed by atoms with Gasteiger partial charge in [-0.1, -0.05) is 38.1 Å². The van der Waals surface area contributed by atoms with Crippen LogP contribution >= 0.6 is 0 Å². The van der Waals surface area contributed by atoms with E-state index in [9.17, 15) is 13.2 Å². The Morgan fingerprint density at radius 3 is 2.32 bits per heavy atom. The molecule has 1 aromatic rings. The highest BCUT2D eigenvalue weighted by atomic mass is 32.2. The molecule has 0 saturated carbocycles. The predicted molar refractivity (Wildman–Crippen MR) is 111 cm³/mol. The van der Waals surface area contributed by atoms with Gasteiger partial charge in [-0.25, -0.2) is 0 Å². The Labute approximate surface area is 169 Å². The van der Waals surface area contributed by atoms with Crippen molar-refractivity contribution < 1.29 is 13.2 Å². The molecule has 0 aromatic heterocycles. The van der Waals surface area contributed by atoms with Gasteiger partial charge in [0.1, 0.15) is 0 Å². The third kappa shape index (κ3) is 5.13. The van der Waals surface area contributed by atoms with Crippen LogP contribution in [0.1, 0.15) is 50.7 Å². The molecule has 2 fully saturated rings. The van der Waals surface area contributed by atoms with E-state index in [4.69, 9.17) is 0 Å². The molecule has 1 N–H and O–H groups in total. The van der Waals surface area contributed by atoms with Crippen LogP contribution in [0, 0.1) is 11.8 Å². The lowest BCUT2D eigenvalue weighted by Gasteiger charge is -2.37. The number of benzene rings is 1. The van der Waals surface area contributed by atoms with E-state index in [1.54, 1.807) is 4.31 Å². The van der Waals surface area contributed by atoms with Crippen molar-refractivity contribution in [2.75, 3.05) is 26.2 Å². The van der Waals surface area contributed by atoms with Crippen molar-refractivity contribution in [3.8, 4) is 0 Å². The third-order valence-corrected chi connectivity index (χ3v) is 8.05. The van der Waals surface area contributed by atoms with Gasteiger partial charge in [0.15, 0.2) is 0 Å². The molecule has 0 radical (unpaired) electrons. The minimum absolute atomic E-state index is 0.0493. The summed E-state index contributed by atoms with van der Waals surface area (Å²) in [5, 5.41) is 2.99. The first-order chi connectivity index (χ1) is 13.4. The fraction of sp³-hybridized carbons (Fsp3) is 0.667. The van der Waals surface area contributed by atoms with E-state index in [1.807, 2.05) is 12.1 Å². The van der Waals surface area contributed by atoms with E-state index in [2.05, 4.69) is 31.3 Å². The SMILES string of the molecule is CCc1ccc(CNC(=O)C2CCCN(S(=O)(=O)N3CCC(C)CC3)C2)cc1. The normalized spacial score (nSPS) is 22.9. The van der Waals surface area contributed by atoms with Crippen LogP contribution in [0.4, 0.5) is 0 Å². The van der Waals surface area contributed by atoms with Crippen LogP contribution < -0.4 is 5.32 Å². The van der Waals surface area contributed by atoms with Crippen LogP contribution in [0.25, 0.3) is 0 Å². The van der Waals surface area contributed by atoms with Crippen molar-refractivity contribution in [2.24, 2.45) is 11.8 Å². The first kappa shape index (κ1) is 21.3. The number of carbonyl (C=O) groups excluding carboxylic acids is 1. The van der Waals surface area contributed by atoms with Crippen molar-refractivity contribution >= 4 is 16.1 Å². The zero-order valence-electron chi connectivity index (χ0n) is 17.1. The monoisotopic (exact) mass is 407 g/mol. The fourth-order valence-electron chi connectivity index (χ4n) is 3.97. The van der Waals surface area contributed by atoms with Crippen LogP contribution in [0.5, 0.6) is 0 Å². The van der Waals surface area contributed by atoms with Crippen LogP contribution in [0.15, 0.2) is 24.3 Å². The summed E-state index contributed by atoms with van der Waals surface area (Å²) in [6.45, 7) is 6.74. The van der Waals surface area contributed by atoms with Crippen LogP contribution in [0.2, 0.25) is 0 Å². The van der Waals surface area contributed by atoms with Gasteiger partial charge in [-0.15, -0.1) is 0 Å². The zero-order chi connectivity index (χ0) is 20.1. The molecule has 2 saturated heterocycles. The largest absolute Gasteiger partial charge is 0.352 e. The number of piperidine rings is 2. The summed E-state index contributed by atoms with van der Waals surface area (Å²) in [6, 6.07) is 8.23. The van der Waals surface area contributed by atoms with Gasteiger partial charge in [0.2, 0.25) is 5.91 Å². The molecule has 0 spiro atoms. The van der Waals surface area contributed by atoms with Gasteiger partial charge in [0.25, 0.3) is 10.2 Å². The second kappa shape index (κ2) is 9.37. The van der Waals surface area contributed by atoms with Crippen molar-refractivity contribution in [2.45, 2.75) is 52.5 Å². The van der Waals surface area contributed by atoms with Gasteiger partial charge in [-0.2, -0.15) is 17.0 Å². The number of aryl methyl sites for hydroxylation is 1. The number of hydrogen-bond donors (Lipinski definition) is 1. The number of nitrogens with one attached hydrogen (secondary N) is 1. The lowest BCUT2D eigenvalue weighted by molar-refractivity contribution is -0.126. The lowest BCUT2D eigenvalue weighted by atomic mass is 9.98. The maximum Gasteiger partial charge on any atom is 0.281 e. The Morgan fingerprint density at radius 1 is 1.04 bits per heavy atom. The number of hydrogen-bond acceptors (Lipinski definition) is 3. The fourth-order valence-corrected chi connectivity index (χ4v) is 5.70.